The van der Waals surface area contributed by atoms with Gasteiger partial charge in [0.1, 0.15) is 0 Å². The second-order valence-electron chi connectivity index (χ2n) is 5.84. The van der Waals surface area contributed by atoms with Crippen molar-refractivity contribution in [2.45, 2.75) is 59.0 Å². The molecule has 1 aliphatic heterocycles. The molecule has 2 heteroatoms. The quantitative estimate of drug-likeness (QED) is 0.777. The molecule has 0 bridgehead atoms. The first kappa shape index (κ1) is 13.6. The Labute approximate surface area is 99.7 Å². The van der Waals surface area contributed by atoms with Crippen molar-refractivity contribution in [1.82, 2.24) is 0 Å². The van der Waals surface area contributed by atoms with E-state index in [-0.39, 0.29) is 0 Å². The second-order valence-corrected chi connectivity index (χ2v) is 5.84. The van der Waals surface area contributed by atoms with Crippen molar-refractivity contribution in [3.05, 3.63) is 11.8 Å². The van der Waals surface area contributed by atoms with Crippen LogP contribution in [0, 0.1) is 11.8 Å². The molecule has 0 aromatic heterocycles. The van der Waals surface area contributed by atoms with Crippen LogP contribution >= 0.6 is 0 Å². The maximum absolute atomic E-state index is 10.8. The molecule has 1 rings (SSSR count). The van der Waals surface area contributed by atoms with Gasteiger partial charge in [0.05, 0.1) is 18.5 Å². The van der Waals surface area contributed by atoms with Crippen LogP contribution in [-0.4, -0.2) is 17.3 Å². The van der Waals surface area contributed by atoms with Crippen LogP contribution in [0.1, 0.15) is 53.4 Å². The number of hydrogen-bond acceptors (Lipinski definition) is 2. The molecule has 0 aromatic carbocycles. The predicted octanol–water partition coefficient (Wildman–Crippen LogP) is 3.50. The van der Waals surface area contributed by atoms with Gasteiger partial charge in [0, 0.05) is 0 Å². The molecule has 0 fully saturated rings. The molecule has 0 atom stereocenters. The lowest BCUT2D eigenvalue weighted by atomic mass is 9.78. The van der Waals surface area contributed by atoms with Crippen LogP contribution in [0.3, 0.4) is 0 Å². The van der Waals surface area contributed by atoms with Crippen LogP contribution < -0.4 is 0 Å². The number of ether oxygens (including phenoxy) is 1. The zero-order valence-corrected chi connectivity index (χ0v) is 11.1. The van der Waals surface area contributed by atoms with E-state index in [4.69, 9.17) is 4.74 Å². The van der Waals surface area contributed by atoms with Gasteiger partial charge in [-0.2, -0.15) is 0 Å². The van der Waals surface area contributed by atoms with Crippen LogP contribution in [0.2, 0.25) is 0 Å². The normalized spacial score (nSPS) is 17.6. The Morgan fingerprint density at radius 2 is 1.81 bits per heavy atom. The fraction of sp³-hybridized carbons (Fsp3) is 0.857. The SMILES string of the molecule is CC(C)CC(O)(CC(C)C)C1=COCCC1. The molecule has 1 aliphatic rings. The first-order valence-electron chi connectivity index (χ1n) is 6.47. The summed E-state index contributed by atoms with van der Waals surface area (Å²) >= 11 is 0. The molecule has 0 radical (unpaired) electrons. The van der Waals surface area contributed by atoms with Crippen molar-refractivity contribution in [2.24, 2.45) is 11.8 Å². The van der Waals surface area contributed by atoms with Gasteiger partial charge in [0.2, 0.25) is 0 Å². The topological polar surface area (TPSA) is 29.5 Å². The minimum Gasteiger partial charge on any atom is -0.501 e. The molecule has 16 heavy (non-hydrogen) atoms. The number of aliphatic hydroxyl groups is 1. The van der Waals surface area contributed by atoms with Crippen molar-refractivity contribution in [2.75, 3.05) is 6.61 Å². The number of rotatable bonds is 5. The van der Waals surface area contributed by atoms with Crippen molar-refractivity contribution in [3.63, 3.8) is 0 Å². The molecule has 0 saturated carbocycles. The van der Waals surface area contributed by atoms with Crippen LogP contribution in [0.15, 0.2) is 11.8 Å². The van der Waals surface area contributed by atoms with Gasteiger partial charge in [0.25, 0.3) is 0 Å². The second kappa shape index (κ2) is 5.72. The third kappa shape index (κ3) is 3.82. The lowest BCUT2D eigenvalue weighted by molar-refractivity contribution is 0.0236. The van der Waals surface area contributed by atoms with Gasteiger partial charge in [0.15, 0.2) is 0 Å². The Bertz CT molecular complexity index is 231. The fourth-order valence-electron chi connectivity index (χ4n) is 2.60. The van der Waals surface area contributed by atoms with Gasteiger partial charge in [-0.1, -0.05) is 27.7 Å². The summed E-state index contributed by atoms with van der Waals surface area (Å²) in [4.78, 5) is 0. The Balaban J connectivity index is 2.79. The predicted molar refractivity (Wildman–Crippen MR) is 67.1 cm³/mol. The summed E-state index contributed by atoms with van der Waals surface area (Å²) in [6, 6.07) is 0. The minimum absolute atomic E-state index is 0.506. The summed E-state index contributed by atoms with van der Waals surface area (Å²) in [5.74, 6) is 1.01. The zero-order valence-electron chi connectivity index (χ0n) is 11.1. The highest BCUT2D eigenvalue weighted by atomic mass is 16.5. The molecular formula is C14H26O2. The summed E-state index contributed by atoms with van der Waals surface area (Å²) < 4.78 is 5.37. The molecule has 0 unspecified atom stereocenters. The maximum Gasteiger partial charge on any atom is 0.0893 e. The van der Waals surface area contributed by atoms with Crippen molar-refractivity contribution >= 4 is 0 Å². The monoisotopic (exact) mass is 226 g/mol. The fourth-order valence-corrected chi connectivity index (χ4v) is 2.60. The van der Waals surface area contributed by atoms with Gasteiger partial charge in [-0.25, -0.2) is 0 Å². The van der Waals surface area contributed by atoms with Gasteiger partial charge in [-0.3, -0.25) is 0 Å². The molecule has 94 valence electrons. The molecule has 0 aliphatic carbocycles. The van der Waals surface area contributed by atoms with Gasteiger partial charge < -0.3 is 9.84 Å². The summed E-state index contributed by atoms with van der Waals surface area (Å²) in [6.07, 6.45) is 5.48. The first-order chi connectivity index (χ1) is 7.44. The molecule has 0 saturated heterocycles. The van der Waals surface area contributed by atoms with E-state index < -0.39 is 5.60 Å². The molecule has 1 N–H and O–H groups in total. The highest BCUT2D eigenvalue weighted by Crippen LogP contribution is 2.35. The van der Waals surface area contributed by atoms with E-state index in [1.165, 1.54) is 0 Å². The molecule has 0 aromatic rings. The average molecular weight is 226 g/mol. The van der Waals surface area contributed by atoms with Crippen LogP contribution in [0.5, 0.6) is 0 Å². The summed E-state index contributed by atoms with van der Waals surface area (Å²) in [6.45, 7) is 9.44. The standard InChI is InChI=1S/C14H26O2/c1-11(2)8-14(15,9-12(3)4)13-6-5-7-16-10-13/h10-12,15H,5-9H2,1-4H3. The molecule has 2 nitrogen and oxygen atoms in total. The van der Waals surface area contributed by atoms with E-state index in [1.807, 2.05) is 0 Å². The summed E-state index contributed by atoms with van der Waals surface area (Å²) in [5, 5.41) is 10.8. The lowest BCUT2D eigenvalue weighted by Gasteiger charge is -2.35. The van der Waals surface area contributed by atoms with E-state index in [2.05, 4.69) is 27.7 Å². The van der Waals surface area contributed by atoms with Crippen LogP contribution in [0.4, 0.5) is 0 Å². The Kier molecular flexibility index (Phi) is 4.85. The van der Waals surface area contributed by atoms with E-state index in [0.29, 0.717) is 11.8 Å². The van der Waals surface area contributed by atoms with Crippen LogP contribution in [-0.2, 0) is 4.74 Å². The summed E-state index contributed by atoms with van der Waals surface area (Å²) in [5.41, 5.74) is 0.448. The Morgan fingerprint density at radius 1 is 1.25 bits per heavy atom. The third-order valence-electron chi connectivity index (χ3n) is 3.02. The summed E-state index contributed by atoms with van der Waals surface area (Å²) in [7, 11) is 0. The number of hydrogen-bond donors (Lipinski definition) is 1. The molecule has 0 spiro atoms. The largest absolute Gasteiger partial charge is 0.501 e. The van der Waals surface area contributed by atoms with Gasteiger partial charge in [-0.05, 0) is 43.1 Å². The van der Waals surface area contributed by atoms with Crippen molar-refractivity contribution < 1.29 is 9.84 Å². The van der Waals surface area contributed by atoms with Crippen molar-refractivity contribution in [3.8, 4) is 0 Å². The molecular weight excluding hydrogens is 200 g/mol. The maximum atomic E-state index is 10.8. The van der Waals surface area contributed by atoms with Gasteiger partial charge in [-0.15, -0.1) is 0 Å². The molecule has 0 amide bonds. The Hall–Kier alpha value is -0.500. The van der Waals surface area contributed by atoms with E-state index in [1.54, 1.807) is 6.26 Å². The third-order valence-corrected chi connectivity index (χ3v) is 3.02. The van der Waals surface area contributed by atoms with Crippen molar-refractivity contribution in [1.29, 1.82) is 0 Å². The van der Waals surface area contributed by atoms with E-state index in [9.17, 15) is 5.11 Å². The first-order valence-corrected chi connectivity index (χ1v) is 6.47. The highest BCUT2D eigenvalue weighted by Gasteiger charge is 2.34. The van der Waals surface area contributed by atoms with E-state index in [0.717, 1.165) is 37.9 Å². The van der Waals surface area contributed by atoms with Crippen LogP contribution in [0.25, 0.3) is 0 Å². The Morgan fingerprint density at radius 3 is 2.19 bits per heavy atom. The zero-order chi connectivity index (χ0) is 12.2. The molecule has 1 heterocycles. The lowest BCUT2D eigenvalue weighted by Crippen LogP contribution is -2.35. The average Bonchev–Trinajstić information content (AvgIpc) is 2.16. The van der Waals surface area contributed by atoms with Gasteiger partial charge >= 0.3 is 0 Å². The minimum atomic E-state index is -0.650. The smallest absolute Gasteiger partial charge is 0.0893 e. The van der Waals surface area contributed by atoms with E-state index >= 15 is 0 Å². The highest BCUT2D eigenvalue weighted by molar-refractivity contribution is 5.16.